The van der Waals surface area contributed by atoms with Crippen LogP contribution in [0.15, 0.2) is 24.3 Å². The molecule has 1 unspecified atom stereocenters. The average Bonchev–Trinajstić information content (AvgIpc) is 2.16. The molecule has 0 saturated carbocycles. The first-order valence-corrected chi connectivity index (χ1v) is 5.36. The van der Waals surface area contributed by atoms with Crippen molar-refractivity contribution in [2.24, 2.45) is 5.73 Å². The van der Waals surface area contributed by atoms with Gasteiger partial charge in [0.15, 0.2) is 0 Å². The van der Waals surface area contributed by atoms with Gasteiger partial charge >= 0.3 is 0 Å². The maximum absolute atomic E-state index is 5.77. The lowest BCUT2D eigenvalue weighted by Gasteiger charge is -2.36. The molecular weight excluding hydrogens is 188 g/mol. The van der Waals surface area contributed by atoms with E-state index in [1.165, 1.54) is 0 Å². The molecule has 2 rings (SSSR count). The van der Waals surface area contributed by atoms with Crippen LogP contribution in [0.4, 0.5) is 0 Å². The molecule has 0 amide bonds. The van der Waals surface area contributed by atoms with Gasteiger partial charge in [0.2, 0.25) is 0 Å². The summed E-state index contributed by atoms with van der Waals surface area (Å²) in [6, 6.07) is 8.15. The molecule has 1 fully saturated rings. The second kappa shape index (κ2) is 4.21. The van der Waals surface area contributed by atoms with E-state index in [0.717, 1.165) is 24.4 Å². The fraction of sp³-hybridized carbons (Fsp3) is 0.500. The van der Waals surface area contributed by atoms with Gasteiger partial charge in [-0.25, -0.2) is 0 Å². The zero-order valence-electron chi connectivity index (χ0n) is 9.31. The van der Waals surface area contributed by atoms with E-state index in [4.69, 9.17) is 10.5 Å². The van der Waals surface area contributed by atoms with Gasteiger partial charge in [0, 0.05) is 19.1 Å². The molecule has 1 saturated heterocycles. The highest BCUT2D eigenvalue weighted by atomic mass is 16.5. The Morgan fingerprint density at radius 3 is 2.40 bits per heavy atom. The van der Waals surface area contributed by atoms with Crippen LogP contribution in [0.3, 0.4) is 0 Å². The highest BCUT2D eigenvalue weighted by Crippen LogP contribution is 2.19. The van der Waals surface area contributed by atoms with Crippen molar-refractivity contribution in [3.05, 3.63) is 29.8 Å². The minimum Gasteiger partial charge on any atom is -0.488 e. The Bertz CT molecular complexity index is 315. The molecule has 0 aromatic heterocycles. The predicted molar refractivity (Wildman–Crippen MR) is 61.0 cm³/mol. The molecule has 1 aliphatic heterocycles. The van der Waals surface area contributed by atoms with Crippen LogP contribution < -0.4 is 10.5 Å². The van der Waals surface area contributed by atoms with Crippen molar-refractivity contribution in [1.29, 1.82) is 0 Å². The summed E-state index contributed by atoms with van der Waals surface area (Å²) in [5.74, 6) is 0.942. The fourth-order valence-electron chi connectivity index (χ4n) is 1.76. The molecule has 82 valence electrons. The van der Waals surface area contributed by atoms with Crippen molar-refractivity contribution < 1.29 is 4.74 Å². The van der Waals surface area contributed by atoms with Crippen LogP contribution in [0.5, 0.6) is 5.75 Å². The van der Waals surface area contributed by atoms with E-state index < -0.39 is 0 Å². The number of rotatable bonds is 3. The third-order valence-electron chi connectivity index (χ3n) is 2.74. The molecule has 0 radical (unpaired) electrons. The lowest BCUT2D eigenvalue weighted by molar-refractivity contribution is 0.0388. The van der Waals surface area contributed by atoms with Crippen molar-refractivity contribution in [1.82, 2.24) is 4.90 Å². The summed E-state index contributed by atoms with van der Waals surface area (Å²) in [5, 5.41) is 0. The maximum Gasteiger partial charge on any atom is 0.124 e. The molecule has 1 heterocycles. The Kier molecular flexibility index (Phi) is 2.93. The van der Waals surface area contributed by atoms with Gasteiger partial charge in [-0.3, -0.25) is 4.90 Å². The SMILES string of the molecule is CC(N)c1ccc(OC2CN(C)C2)cc1. The van der Waals surface area contributed by atoms with E-state index in [9.17, 15) is 0 Å². The Labute approximate surface area is 90.8 Å². The van der Waals surface area contributed by atoms with Crippen LogP contribution in [0, 0.1) is 0 Å². The molecule has 1 aromatic rings. The molecule has 1 aromatic carbocycles. The van der Waals surface area contributed by atoms with Gasteiger partial charge in [-0.1, -0.05) is 12.1 Å². The van der Waals surface area contributed by atoms with Crippen LogP contribution in [-0.4, -0.2) is 31.1 Å². The standard InChI is InChI=1S/C12H18N2O/c1-9(13)10-3-5-11(6-4-10)15-12-7-14(2)8-12/h3-6,9,12H,7-8,13H2,1-2H3. The summed E-state index contributed by atoms with van der Waals surface area (Å²) >= 11 is 0. The average molecular weight is 206 g/mol. The molecule has 3 nitrogen and oxygen atoms in total. The van der Waals surface area contributed by atoms with Gasteiger partial charge in [-0.15, -0.1) is 0 Å². The molecular formula is C12H18N2O. The Balaban J connectivity index is 1.92. The molecule has 2 N–H and O–H groups in total. The minimum absolute atomic E-state index is 0.0916. The number of ether oxygens (including phenoxy) is 1. The Morgan fingerprint density at radius 1 is 1.33 bits per heavy atom. The van der Waals surface area contributed by atoms with Gasteiger partial charge < -0.3 is 10.5 Å². The van der Waals surface area contributed by atoms with E-state index >= 15 is 0 Å². The zero-order valence-corrected chi connectivity index (χ0v) is 9.31. The van der Waals surface area contributed by atoms with Crippen molar-refractivity contribution >= 4 is 0 Å². The number of hydrogen-bond donors (Lipinski definition) is 1. The largest absolute Gasteiger partial charge is 0.488 e. The van der Waals surface area contributed by atoms with Crippen LogP contribution in [0.2, 0.25) is 0 Å². The van der Waals surface area contributed by atoms with Crippen molar-refractivity contribution in [2.75, 3.05) is 20.1 Å². The van der Waals surface area contributed by atoms with E-state index in [1.54, 1.807) is 0 Å². The first-order valence-electron chi connectivity index (χ1n) is 5.36. The molecule has 1 atom stereocenters. The summed E-state index contributed by atoms with van der Waals surface area (Å²) in [5.41, 5.74) is 6.92. The van der Waals surface area contributed by atoms with Crippen LogP contribution in [0.25, 0.3) is 0 Å². The number of nitrogens with zero attached hydrogens (tertiary/aromatic N) is 1. The predicted octanol–water partition coefficient (Wildman–Crippen LogP) is 1.40. The van der Waals surface area contributed by atoms with E-state index in [0.29, 0.717) is 6.10 Å². The van der Waals surface area contributed by atoms with Crippen LogP contribution in [-0.2, 0) is 0 Å². The lowest BCUT2D eigenvalue weighted by Crippen LogP contribution is -2.51. The first kappa shape index (κ1) is 10.5. The van der Waals surface area contributed by atoms with E-state index in [-0.39, 0.29) is 6.04 Å². The van der Waals surface area contributed by atoms with Crippen molar-refractivity contribution in [3.8, 4) is 5.75 Å². The number of likely N-dealkylation sites (N-methyl/N-ethyl adjacent to an activating group) is 1. The van der Waals surface area contributed by atoms with Crippen LogP contribution >= 0.6 is 0 Å². The second-order valence-electron chi connectivity index (χ2n) is 4.32. The minimum atomic E-state index is 0.0916. The number of hydrogen-bond acceptors (Lipinski definition) is 3. The number of likely N-dealkylation sites (tertiary alicyclic amines) is 1. The van der Waals surface area contributed by atoms with Crippen molar-refractivity contribution in [2.45, 2.75) is 19.1 Å². The van der Waals surface area contributed by atoms with Gasteiger partial charge in [0.05, 0.1) is 0 Å². The van der Waals surface area contributed by atoms with E-state index in [1.807, 2.05) is 31.2 Å². The van der Waals surface area contributed by atoms with Crippen molar-refractivity contribution in [3.63, 3.8) is 0 Å². The van der Waals surface area contributed by atoms with E-state index in [2.05, 4.69) is 11.9 Å². The molecule has 0 bridgehead atoms. The van der Waals surface area contributed by atoms with Gasteiger partial charge in [-0.05, 0) is 31.7 Å². The summed E-state index contributed by atoms with van der Waals surface area (Å²) < 4.78 is 5.77. The van der Waals surface area contributed by atoms with Crippen LogP contribution in [0.1, 0.15) is 18.5 Å². The van der Waals surface area contributed by atoms with Gasteiger partial charge in [0.1, 0.15) is 11.9 Å². The molecule has 3 heteroatoms. The summed E-state index contributed by atoms with van der Waals surface area (Å²) in [6.07, 6.45) is 0.358. The molecule has 15 heavy (non-hydrogen) atoms. The normalized spacial score (nSPS) is 19.7. The molecule has 0 spiro atoms. The second-order valence-corrected chi connectivity index (χ2v) is 4.32. The smallest absolute Gasteiger partial charge is 0.124 e. The highest BCUT2D eigenvalue weighted by molar-refractivity contribution is 5.29. The lowest BCUT2D eigenvalue weighted by atomic mass is 10.1. The van der Waals surface area contributed by atoms with Gasteiger partial charge in [-0.2, -0.15) is 0 Å². The van der Waals surface area contributed by atoms with Gasteiger partial charge in [0.25, 0.3) is 0 Å². The summed E-state index contributed by atoms with van der Waals surface area (Å²) in [7, 11) is 2.10. The fourth-order valence-corrected chi connectivity index (χ4v) is 1.76. The first-order chi connectivity index (χ1) is 7.15. The molecule has 0 aliphatic carbocycles. The quantitative estimate of drug-likeness (QED) is 0.812. The Morgan fingerprint density at radius 2 is 1.93 bits per heavy atom. The third-order valence-corrected chi connectivity index (χ3v) is 2.74. The summed E-state index contributed by atoms with van der Waals surface area (Å²) in [4.78, 5) is 2.24. The maximum atomic E-state index is 5.77. The number of nitrogens with two attached hydrogens (primary N) is 1. The summed E-state index contributed by atoms with van der Waals surface area (Å²) in [6.45, 7) is 4.03. The number of benzene rings is 1. The highest BCUT2D eigenvalue weighted by Gasteiger charge is 2.24. The topological polar surface area (TPSA) is 38.5 Å². The molecule has 1 aliphatic rings. The zero-order chi connectivity index (χ0) is 10.8. The monoisotopic (exact) mass is 206 g/mol. The Hall–Kier alpha value is -1.06. The third kappa shape index (κ3) is 2.49.